The minimum absolute atomic E-state index is 0.0807. The second-order valence-electron chi connectivity index (χ2n) is 5.93. The SMILES string of the molecule is CC1CCCCN1C(=O)CCn1ncc(=O)c2ccccc21. The predicted molar refractivity (Wildman–Crippen MR) is 85.6 cm³/mol. The van der Waals surface area contributed by atoms with Crippen LogP contribution in [0.2, 0.25) is 0 Å². The highest BCUT2D eigenvalue weighted by atomic mass is 16.2. The number of carbonyl (C=O) groups is 1. The average Bonchev–Trinajstić information content (AvgIpc) is 2.55. The van der Waals surface area contributed by atoms with E-state index >= 15 is 0 Å². The lowest BCUT2D eigenvalue weighted by atomic mass is 10.0. The van der Waals surface area contributed by atoms with Crippen molar-refractivity contribution in [3.63, 3.8) is 0 Å². The highest BCUT2D eigenvalue weighted by molar-refractivity contribution is 5.79. The molecule has 1 aromatic carbocycles. The molecule has 1 atom stereocenters. The summed E-state index contributed by atoms with van der Waals surface area (Å²) in [6.45, 7) is 3.48. The summed E-state index contributed by atoms with van der Waals surface area (Å²) >= 11 is 0. The van der Waals surface area contributed by atoms with Crippen LogP contribution in [0.25, 0.3) is 10.9 Å². The number of piperidine rings is 1. The van der Waals surface area contributed by atoms with Crippen LogP contribution in [0.4, 0.5) is 0 Å². The molecule has 5 nitrogen and oxygen atoms in total. The van der Waals surface area contributed by atoms with E-state index in [0.717, 1.165) is 24.9 Å². The number of likely N-dealkylation sites (tertiary alicyclic amines) is 1. The van der Waals surface area contributed by atoms with Crippen molar-refractivity contribution in [3.05, 3.63) is 40.7 Å². The molecule has 1 amide bonds. The molecule has 0 N–H and O–H groups in total. The van der Waals surface area contributed by atoms with Gasteiger partial charge in [-0.25, -0.2) is 0 Å². The molecule has 1 fully saturated rings. The molecule has 0 radical (unpaired) electrons. The van der Waals surface area contributed by atoms with Crippen LogP contribution in [0.15, 0.2) is 35.3 Å². The van der Waals surface area contributed by atoms with E-state index in [9.17, 15) is 9.59 Å². The Morgan fingerprint density at radius 2 is 2.14 bits per heavy atom. The second kappa shape index (κ2) is 6.30. The molecule has 1 saturated heterocycles. The van der Waals surface area contributed by atoms with E-state index in [1.54, 1.807) is 10.7 Å². The maximum atomic E-state index is 12.4. The van der Waals surface area contributed by atoms with Gasteiger partial charge in [-0.1, -0.05) is 12.1 Å². The zero-order chi connectivity index (χ0) is 15.5. The molecule has 0 spiro atoms. The number of para-hydroxylation sites is 1. The summed E-state index contributed by atoms with van der Waals surface area (Å²) in [5.41, 5.74) is 0.706. The fraction of sp³-hybridized carbons (Fsp3) is 0.471. The van der Waals surface area contributed by atoms with Crippen LogP contribution >= 0.6 is 0 Å². The Kier molecular flexibility index (Phi) is 4.22. The predicted octanol–water partition coefficient (Wildman–Crippen LogP) is 2.19. The number of aryl methyl sites for hydroxylation is 1. The zero-order valence-electron chi connectivity index (χ0n) is 12.9. The smallest absolute Gasteiger partial charge is 0.224 e. The Balaban J connectivity index is 1.75. The standard InChI is InChI=1S/C17H21N3O2/c1-13-6-4-5-10-19(13)17(22)9-11-20-15-8-3-2-7-14(15)16(21)12-18-20/h2-3,7-8,12-13H,4-6,9-11H2,1H3. The van der Waals surface area contributed by atoms with Crippen molar-refractivity contribution < 1.29 is 4.79 Å². The normalized spacial score (nSPS) is 18.6. The van der Waals surface area contributed by atoms with Crippen molar-refractivity contribution in [2.24, 2.45) is 0 Å². The third-order valence-electron chi connectivity index (χ3n) is 4.42. The van der Waals surface area contributed by atoms with Gasteiger partial charge in [0, 0.05) is 24.4 Å². The lowest BCUT2D eigenvalue weighted by molar-refractivity contribution is -0.134. The van der Waals surface area contributed by atoms with E-state index in [1.807, 2.05) is 23.1 Å². The lowest BCUT2D eigenvalue weighted by Crippen LogP contribution is -2.42. The Bertz CT molecular complexity index is 738. The molecule has 1 aliphatic rings. The van der Waals surface area contributed by atoms with Gasteiger partial charge in [-0.05, 0) is 38.3 Å². The molecule has 2 heterocycles. The first-order valence-electron chi connectivity index (χ1n) is 7.91. The van der Waals surface area contributed by atoms with Crippen LogP contribution in [0, 0.1) is 0 Å². The van der Waals surface area contributed by atoms with Gasteiger partial charge in [-0.2, -0.15) is 5.10 Å². The summed E-state index contributed by atoms with van der Waals surface area (Å²) in [6.07, 6.45) is 5.14. The van der Waals surface area contributed by atoms with Crippen LogP contribution in [0.5, 0.6) is 0 Å². The Morgan fingerprint density at radius 1 is 1.32 bits per heavy atom. The van der Waals surface area contributed by atoms with E-state index in [2.05, 4.69) is 12.0 Å². The van der Waals surface area contributed by atoms with E-state index in [-0.39, 0.29) is 11.3 Å². The number of hydrogen-bond donors (Lipinski definition) is 0. The second-order valence-corrected chi connectivity index (χ2v) is 5.93. The van der Waals surface area contributed by atoms with Crippen molar-refractivity contribution in [2.75, 3.05) is 6.54 Å². The summed E-state index contributed by atoms with van der Waals surface area (Å²) < 4.78 is 1.75. The minimum atomic E-state index is -0.0807. The first kappa shape index (κ1) is 14.8. The first-order chi connectivity index (χ1) is 10.7. The first-order valence-corrected chi connectivity index (χ1v) is 7.91. The molecule has 1 aliphatic heterocycles. The van der Waals surface area contributed by atoms with Gasteiger partial charge in [0.1, 0.15) is 0 Å². The molecule has 3 rings (SSSR count). The van der Waals surface area contributed by atoms with Gasteiger partial charge in [-0.15, -0.1) is 0 Å². The number of fused-ring (bicyclic) bond motifs is 1. The molecular formula is C17H21N3O2. The minimum Gasteiger partial charge on any atom is -0.340 e. The summed E-state index contributed by atoms with van der Waals surface area (Å²) in [5, 5.41) is 4.83. The van der Waals surface area contributed by atoms with E-state index < -0.39 is 0 Å². The van der Waals surface area contributed by atoms with Crippen LogP contribution in [0.1, 0.15) is 32.6 Å². The monoisotopic (exact) mass is 299 g/mol. The Labute approximate surface area is 129 Å². The van der Waals surface area contributed by atoms with Crippen molar-refractivity contribution in [3.8, 4) is 0 Å². The number of amides is 1. The van der Waals surface area contributed by atoms with Crippen LogP contribution in [-0.2, 0) is 11.3 Å². The molecule has 0 saturated carbocycles. The lowest BCUT2D eigenvalue weighted by Gasteiger charge is -2.33. The molecule has 5 heteroatoms. The Hall–Kier alpha value is -2.17. The van der Waals surface area contributed by atoms with Crippen LogP contribution < -0.4 is 5.43 Å². The van der Waals surface area contributed by atoms with Crippen molar-refractivity contribution >= 4 is 16.8 Å². The highest BCUT2D eigenvalue weighted by Gasteiger charge is 2.22. The fourth-order valence-electron chi connectivity index (χ4n) is 3.15. The third kappa shape index (κ3) is 2.89. The van der Waals surface area contributed by atoms with Crippen LogP contribution in [-0.4, -0.2) is 33.2 Å². The molecule has 0 bridgehead atoms. The summed E-state index contributed by atoms with van der Waals surface area (Å²) in [4.78, 5) is 26.2. The summed E-state index contributed by atoms with van der Waals surface area (Å²) in [6, 6.07) is 7.73. The van der Waals surface area contributed by atoms with Crippen molar-refractivity contribution in [2.45, 2.75) is 45.2 Å². The largest absolute Gasteiger partial charge is 0.340 e. The van der Waals surface area contributed by atoms with Crippen molar-refractivity contribution in [1.82, 2.24) is 14.7 Å². The van der Waals surface area contributed by atoms with Gasteiger partial charge in [0.25, 0.3) is 0 Å². The molecule has 2 aromatic rings. The van der Waals surface area contributed by atoms with E-state index in [4.69, 9.17) is 0 Å². The summed E-state index contributed by atoms with van der Waals surface area (Å²) in [7, 11) is 0. The number of hydrogen-bond acceptors (Lipinski definition) is 3. The quantitative estimate of drug-likeness (QED) is 0.873. The maximum absolute atomic E-state index is 12.4. The zero-order valence-corrected chi connectivity index (χ0v) is 12.9. The third-order valence-corrected chi connectivity index (χ3v) is 4.42. The van der Waals surface area contributed by atoms with Gasteiger partial charge in [-0.3, -0.25) is 14.3 Å². The van der Waals surface area contributed by atoms with E-state index in [1.165, 1.54) is 12.6 Å². The van der Waals surface area contributed by atoms with Gasteiger partial charge >= 0.3 is 0 Å². The van der Waals surface area contributed by atoms with E-state index in [0.29, 0.717) is 24.4 Å². The van der Waals surface area contributed by atoms with Crippen LogP contribution in [0.3, 0.4) is 0 Å². The van der Waals surface area contributed by atoms with Gasteiger partial charge < -0.3 is 4.90 Å². The molecule has 1 unspecified atom stereocenters. The highest BCUT2D eigenvalue weighted by Crippen LogP contribution is 2.17. The number of carbonyl (C=O) groups excluding carboxylic acids is 1. The van der Waals surface area contributed by atoms with Crippen molar-refractivity contribution in [1.29, 1.82) is 0 Å². The Morgan fingerprint density at radius 3 is 2.95 bits per heavy atom. The molecular weight excluding hydrogens is 278 g/mol. The van der Waals surface area contributed by atoms with Gasteiger partial charge in [0.05, 0.1) is 18.3 Å². The average molecular weight is 299 g/mol. The molecule has 0 aliphatic carbocycles. The summed E-state index contributed by atoms with van der Waals surface area (Å²) in [5.74, 6) is 0.178. The molecule has 1 aromatic heterocycles. The van der Waals surface area contributed by atoms with Gasteiger partial charge in [0.15, 0.2) is 0 Å². The molecule has 22 heavy (non-hydrogen) atoms. The fourth-order valence-corrected chi connectivity index (χ4v) is 3.15. The molecule has 116 valence electrons. The number of aromatic nitrogens is 2. The number of benzene rings is 1. The number of nitrogens with zero attached hydrogens (tertiary/aromatic N) is 3. The van der Waals surface area contributed by atoms with Gasteiger partial charge in [0.2, 0.25) is 11.3 Å². The topological polar surface area (TPSA) is 55.2 Å². The number of rotatable bonds is 3. The maximum Gasteiger partial charge on any atom is 0.224 e.